The van der Waals surface area contributed by atoms with Gasteiger partial charge in [0, 0.05) is 6.42 Å². The van der Waals surface area contributed by atoms with Gasteiger partial charge < -0.3 is 4.79 Å². The second-order valence-electron chi connectivity index (χ2n) is 2.28. The van der Waals surface area contributed by atoms with E-state index in [0.29, 0.717) is 6.42 Å². The van der Waals surface area contributed by atoms with Crippen LogP contribution in [-0.4, -0.2) is 6.29 Å². The lowest BCUT2D eigenvalue weighted by atomic mass is 10.1. The van der Waals surface area contributed by atoms with Gasteiger partial charge in [-0.2, -0.15) is 0 Å². The fourth-order valence-electron chi connectivity index (χ4n) is 0.694. The summed E-state index contributed by atoms with van der Waals surface area (Å²) in [6, 6.07) is 0. The minimum atomic E-state index is 0.607. The molecule has 0 amide bonds. The summed E-state index contributed by atoms with van der Waals surface area (Å²) in [5, 5.41) is 0. The highest BCUT2D eigenvalue weighted by Gasteiger charge is 1.90. The number of carbonyl (C=O) groups is 1. The Balaban J connectivity index is 3.24. The molecular formula is C9H14O. The maximum Gasteiger partial charge on any atom is 0.120 e. The van der Waals surface area contributed by atoms with Crippen molar-refractivity contribution < 1.29 is 4.79 Å². The lowest BCUT2D eigenvalue weighted by molar-refractivity contribution is -0.107. The zero-order valence-electron chi connectivity index (χ0n) is 6.31. The van der Waals surface area contributed by atoms with Gasteiger partial charge in [0.15, 0.2) is 0 Å². The zero-order chi connectivity index (χ0) is 7.82. The topological polar surface area (TPSA) is 17.1 Å². The molecule has 0 aromatic heterocycles. The molecule has 1 nitrogen and oxygen atoms in total. The summed E-state index contributed by atoms with van der Waals surface area (Å²) in [4.78, 5) is 9.92. The van der Waals surface area contributed by atoms with Gasteiger partial charge in [0.2, 0.25) is 0 Å². The molecule has 56 valence electrons. The average Bonchev–Trinajstić information content (AvgIpc) is 1.97. The summed E-state index contributed by atoms with van der Waals surface area (Å²) in [6.45, 7) is 7.43. The fourth-order valence-corrected chi connectivity index (χ4v) is 0.694. The molecule has 0 saturated carbocycles. The molecule has 0 rings (SSSR count). The van der Waals surface area contributed by atoms with Gasteiger partial charge in [-0.15, -0.1) is 6.58 Å². The van der Waals surface area contributed by atoms with Crippen molar-refractivity contribution in [3.05, 3.63) is 24.8 Å². The van der Waals surface area contributed by atoms with Gasteiger partial charge in [0.1, 0.15) is 6.29 Å². The molecule has 0 heterocycles. The van der Waals surface area contributed by atoms with Crippen LogP contribution in [0.2, 0.25) is 0 Å². The number of hydrogen-bond acceptors (Lipinski definition) is 1. The highest BCUT2D eigenvalue weighted by molar-refractivity contribution is 5.49. The van der Waals surface area contributed by atoms with Crippen molar-refractivity contribution in [1.29, 1.82) is 0 Å². The van der Waals surface area contributed by atoms with Crippen LogP contribution in [0, 0.1) is 0 Å². The predicted molar refractivity (Wildman–Crippen MR) is 43.9 cm³/mol. The molecule has 0 aromatic rings. The number of rotatable bonds is 6. The minimum absolute atomic E-state index is 0.607. The van der Waals surface area contributed by atoms with E-state index < -0.39 is 0 Å². The van der Waals surface area contributed by atoms with E-state index in [4.69, 9.17) is 0 Å². The standard InChI is InChI=1S/C9H14O/c1-3-4-6-9(2)7-5-8-10/h3,8H,1-2,4-7H2. The Morgan fingerprint density at radius 2 is 1.90 bits per heavy atom. The third-order valence-corrected chi connectivity index (χ3v) is 1.32. The predicted octanol–water partition coefficient (Wildman–Crippen LogP) is 2.49. The van der Waals surface area contributed by atoms with E-state index in [1.807, 2.05) is 6.08 Å². The Morgan fingerprint density at radius 3 is 2.40 bits per heavy atom. The Bertz CT molecular complexity index is 111. The van der Waals surface area contributed by atoms with Crippen LogP contribution in [0.3, 0.4) is 0 Å². The summed E-state index contributed by atoms with van der Waals surface area (Å²) in [7, 11) is 0. The second-order valence-corrected chi connectivity index (χ2v) is 2.28. The van der Waals surface area contributed by atoms with Crippen molar-refractivity contribution in [3.63, 3.8) is 0 Å². The van der Waals surface area contributed by atoms with Crippen molar-refractivity contribution in [2.75, 3.05) is 0 Å². The Morgan fingerprint density at radius 1 is 1.30 bits per heavy atom. The van der Waals surface area contributed by atoms with E-state index in [9.17, 15) is 4.79 Å². The normalized spacial score (nSPS) is 8.80. The van der Waals surface area contributed by atoms with Crippen molar-refractivity contribution in [1.82, 2.24) is 0 Å². The smallest absolute Gasteiger partial charge is 0.120 e. The molecule has 0 atom stereocenters. The van der Waals surface area contributed by atoms with Crippen molar-refractivity contribution >= 4 is 6.29 Å². The molecular weight excluding hydrogens is 124 g/mol. The number of carbonyl (C=O) groups excluding carboxylic acids is 1. The third-order valence-electron chi connectivity index (χ3n) is 1.32. The Hall–Kier alpha value is -0.850. The van der Waals surface area contributed by atoms with Gasteiger partial charge in [0.05, 0.1) is 0 Å². The monoisotopic (exact) mass is 138 g/mol. The first-order valence-corrected chi connectivity index (χ1v) is 3.52. The largest absolute Gasteiger partial charge is 0.303 e. The van der Waals surface area contributed by atoms with Gasteiger partial charge in [0.25, 0.3) is 0 Å². The van der Waals surface area contributed by atoms with E-state index in [1.165, 1.54) is 0 Å². The molecule has 0 aliphatic heterocycles. The number of aldehydes is 1. The molecule has 0 aliphatic rings. The van der Waals surface area contributed by atoms with Crippen LogP contribution >= 0.6 is 0 Å². The summed E-state index contributed by atoms with van der Waals surface area (Å²) < 4.78 is 0. The second kappa shape index (κ2) is 6.27. The summed E-state index contributed by atoms with van der Waals surface area (Å²) in [5.41, 5.74) is 1.15. The summed E-state index contributed by atoms with van der Waals surface area (Å²) >= 11 is 0. The van der Waals surface area contributed by atoms with Crippen molar-refractivity contribution in [2.45, 2.75) is 25.7 Å². The van der Waals surface area contributed by atoms with Crippen LogP contribution in [0.25, 0.3) is 0 Å². The van der Waals surface area contributed by atoms with E-state index in [-0.39, 0.29) is 0 Å². The molecule has 0 saturated heterocycles. The molecule has 10 heavy (non-hydrogen) atoms. The van der Waals surface area contributed by atoms with Crippen LogP contribution in [0.15, 0.2) is 24.8 Å². The quantitative estimate of drug-likeness (QED) is 0.407. The Kier molecular flexibility index (Phi) is 5.74. The van der Waals surface area contributed by atoms with Crippen molar-refractivity contribution in [3.8, 4) is 0 Å². The van der Waals surface area contributed by atoms with Crippen LogP contribution in [0.4, 0.5) is 0 Å². The van der Waals surface area contributed by atoms with Crippen LogP contribution < -0.4 is 0 Å². The maximum absolute atomic E-state index is 9.92. The van der Waals surface area contributed by atoms with Gasteiger partial charge >= 0.3 is 0 Å². The molecule has 0 aromatic carbocycles. The molecule has 0 spiro atoms. The number of hydrogen-bond donors (Lipinski definition) is 0. The molecule has 0 N–H and O–H groups in total. The minimum Gasteiger partial charge on any atom is -0.303 e. The summed E-state index contributed by atoms with van der Waals surface area (Å²) in [5.74, 6) is 0. The van der Waals surface area contributed by atoms with Crippen LogP contribution in [0.5, 0.6) is 0 Å². The Labute approximate surface area is 62.4 Å². The SMILES string of the molecule is C=CCCC(=C)CCC=O. The third kappa shape index (κ3) is 5.29. The van der Waals surface area contributed by atoms with Crippen LogP contribution in [-0.2, 0) is 4.79 Å². The lowest BCUT2D eigenvalue weighted by Crippen LogP contribution is -1.82. The van der Waals surface area contributed by atoms with E-state index >= 15 is 0 Å². The van der Waals surface area contributed by atoms with Gasteiger partial charge in [-0.1, -0.05) is 18.2 Å². The highest BCUT2D eigenvalue weighted by atomic mass is 16.1. The van der Waals surface area contributed by atoms with Crippen LogP contribution in [0.1, 0.15) is 25.7 Å². The highest BCUT2D eigenvalue weighted by Crippen LogP contribution is 2.08. The first-order valence-electron chi connectivity index (χ1n) is 3.52. The van der Waals surface area contributed by atoms with Gasteiger partial charge in [-0.25, -0.2) is 0 Å². The van der Waals surface area contributed by atoms with E-state index in [1.54, 1.807) is 0 Å². The molecule has 0 radical (unpaired) electrons. The number of allylic oxidation sites excluding steroid dienone is 2. The van der Waals surface area contributed by atoms with E-state index in [2.05, 4.69) is 13.2 Å². The molecule has 0 fully saturated rings. The van der Waals surface area contributed by atoms with Gasteiger partial charge in [-0.3, -0.25) is 0 Å². The molecule has 0 aliphatic carbocycles. The molecule has 0 unspecified atom stereocenters. The maximum atomic E-state index is 9.92. The summed E-state index contributed by atoms with van der Waals surface area (Å²) in [6.07, 6.45) is 6.17. The van der Waals surface area contributed by atoms with E-state index in [0.717, 1.165) is 31.1 Å². The molecule has 1 heteroatoms. The average molecular weight is 138 g/mol. The molecule has 0 bridgehead atoms. The first-order chi connectivity index (χ1) is 4.81. The van der Waals surface area contributed by atoms with Gasteiger partial charge in [-0.05, 0) is 19.3 Å². The fraction of sp³-hybridized carbons (Fsp3) is 0.444. The lowest BCUT2D eigenvalue weighted by Gasteiger charge is -1.98. The first kappa shape index (κ1) is 9.15. The van der Waals surface area contributed by atoms with Crippen molar-refractivity contribution in [2.24, 2.45) is 0 Å². The zero-order valence-corrected chi connectivity index (χ0v) is 6.31.